The van der Waals surface area contributed by atoms with E-state index < -0.39 is 0 Å². The summed E-state index contributed by atoms with van der Waals surface area (Å²) in [5.41, 5.74) is 0. The molecule has 3 heterocycles. The molecular formula is C11H18N4O. The van der Waals surface area contributed by atoms with E-state index in [1.165, 1.54) is 19.3 Å². The van der Waals surface area contributed by atoms with Gasteiger partial charge in [0.2, 0.25) is 5.89 Å². The van der Waals surface area contributed by atoms with E-state index in [2.05, 4.69) is 20.4 Å². The number of nitrogens with zero attached hydrogens (tertiary/aromatic N) is 3. The Hall–Kier alpha value is -1.10. The molecule has 2 fully saturated rings. The van der Waals surface area contributed by atoms with Crippen LogP contribution in [0.25, 0.3) is 0 Å². The first kappa shape index (κ1) is 10.1. The zero-order valence-electron chi connectivity index (χ0n) is 9.48. The molecule has 1 atom stereocenters. The van der Waals surface area contributed by atoms with Crippen molar-refractivity contribution in [2.24, 2.45) is 0 Å². The smallest absolute Gasteiger partial charge is 0.266 e. The number of hydrogen-bond acceptors (Lipinski definition) is 5. The first-order valence-electron chi connectivity index (χ1n) is 6.23. The van der Waals surface area contributed by atoms with Gasteiger partial charge < -0.3 is 14.7 Å². The normalized spacial score (nSPS) is 26.2. The number of piperidine rings is 1. The average molecular weight is 222 g/mol. The van der Waals surface area contributed by atoms with E-state index in [9.17, 15) is 0 Å². The fraction of sp³-hybridized carbons (Fsp3) is 0.818. The van der Waals surface area contributed by atoms with Crippen molar-refractivity contribution in [2.75, 3.05) is 31.1 Å². The predicted molar refractivity (Wildman–Crippen MR) is 60.6 cm³/mol. The molecule has 0 unspecified atom stereocenters. The van der Waals surface area contributed by atoms with Crippen molar-refractivity contribution in [1.82, 2.24) is 15.5 Å². The topological polar surface area (TPSA) is 54.2 Å². The summed E-state index contributed by atoms with van der Waals surface area (Å²) in [5.74, 6) is 2.02. The van der Waals surface area contributed by atoms with Crippen LogP contribution in [0.15, 0.2) is 4.52 Å². The van der Waals surface area contributed by atoms with Gasteiger partial charge in [0.05, 0.1) is 5.92 Å². The quantitative estimate of drug-likeness (QED) is 0.813. The minimum atomic E-state index is 0.414. The minimum absolute atomic E-state index is 0.414. The van der Waals surface area contributed by atoms with Gasteiger partial charge in [-0.05, 0) is 37.4 Å². The molecule has 88 valence electrons. The molecule has 3 rings (SSSR count). The van der Waals surface area contributed by atoms with E-state index in [0.717, 1.165) is 44.4 Å². The van der Waals surface area contributed by atoms with Crippen molar-refractivity contribution in [3.05, 3.63) is 5.89 Å². The van der Waals surface area contributed by atoms with Crippen LogP contribution in [0.2, 0.25) is 0 Å². The van der Waals surface area contributed by atoms with Gasteiger partial charge in [-0.1, -0.05) is 0 Å². The fourth-order valence-electron chi connectivity index (χ4n) is 2.50. The van der Waals surface area contributed by atoms with Gasteiger partial charge in [-0.15, -0.1) is 0 Å². The molecule has 0 spiro atoms. The second-order valence-corrected chi connectivity index (χ2v) is 4.67. The van der Waals surface area contributed by atoms with E-state index in [0.29, 0.717) is 5.92 Å². The lowest BCUT2D eigenvalue weighted by atomic mass is 10.00. The van der Waals surface area contributed by atoms with Crippen LogP contribution in [0.3, 0.4) is 0 Å². The van der Waals surface area contributed by atoms with Crippen molar-refractivity contribution in [3.8, 4) is 0 Å². The Morgan fingerprint density at radius 3 is 2.88 bits per heavy atom. The van der Waals surface area contributed by atoms with Crippen molar-refractivity contribution >= 4 is 5.95 Å². The molecule has 2 saturated heterocycles. The third-order valence-electron chi connectivity index (χ3n) is 3.47. The zero-order chi connectivity index (χ0) is 10.8. The average Bonchev–Trinajstić information content (AvgIpc) is 3.01. The van der Waals surface area contributed by atoms with Gasteiger partial charge in [0, 0.05) is 19.6 Å². The Morgan fingerprint density at radius 1 is 1.25 bits per heavy atom. The van der Waals surface area contributed by atoms with Crippen LogP contribution in [-0.4, -0.2) is 36.3 Å². The fourth-order valence-corrected chi connectivity index (χ4v) is 2.50. The second kappa shape index (κ2) is 4.41. The molecule has 0 amide bonds. The molecule has 0 radical (unpaired) electrons. The third-order valence-corrected chi connectivity index (χ3v) is 3.47. The standard InChI is InChI=1S/C11H18N4O/c1-2-7-15(6-1)11-13-10(16-14-11)9-4-3-5-12-8-9/h9,12H,1-8H2/t9-/m0/s1. The van der Waals surface area contributed by atoms with Gasteiger partial charge in [-0.25, -0.2) is 0 Å². The largest absolute Gasteiger partial charge is 0.338 e. The summed E-state index contributed by atoms with van der Waals surface area (Å²) in [6.45, 7) is 4.23. The van der Waals surface area contributed by atoms with Gasteiger partial charge in [-0.2, -0.15) is 4.98 Å². The Labute approximate surface area is 95.2 Å². The van der Waals surface area contributed by atoms with Crippen molar-refractivity contribution in [3.63, 3.8) is 0 Å². The molecule has 5 heteroatoms. The lowest BCUT2D eigenvalue weighted by Gasteiger charge is -2.18. The molecule has 1 aromatic rings. The van der Waals surface area contributed by atoms with Crippen molar-refractivity contribution in [1.29, 1.82) is 0 Å². The van der Waals surface area contributed by atoms with Crippen LogP contribution in [0.1, 0.15) is 37.5 Å². The highest BCUT2D eigenvalue weighted by atomic mass is 16.5. The third kappa shape index (κ3) is 1.91. The molecule has 0 aromatic carbocycles. The van der Waals surface area contributed by atoms with E-state index in [4.69, 9.17) is 4.52 Å². The van der Waals surface area contributed by atoms with Gasteiger partial charge in [0.25, 0.3) is 5.95 Å². The highest BCUT2D eigenvalue weighted by Crippen LogP contribution is 2.24. The van der Waals surface area contributed by atoms with Gasteiger partial charge in [0.15, 0.2) is 0 Å². The lowest BCUT2D eigenvalue weighted by Crippen LogP contribution is -2.28. The van der Waals surface area contributed by atoms with Gasteiger partial charge >= 0.3 is 0 Å². The zero-order valence-corrected chi connectivity index (χ0v) is 9.48. The molecule has 1 N–H and O–H groups in total. The molecule has 16 heavy (non-hydrogen) atoms. The summed E-state index contributed by atoms with van der Waals surface area (Å²) in [5, 5.41) is 7.46. The lowest BCUT2D eigenvalue weighted by molar-refractivity contribution is 0.322. The van der Waals surface area contributed by atoms with Gasteiger partial charge in [0.1, 0.15) is 0 Å². The van der Waals surface area contributed by atoms with E-state index >= 15 is 0 Å². The summed E-state index contributed by atoms with van der Waals surface area (Å²) < 4.78 is 5.37. The van der Waals surface area contributed by atoms with Crippen molar-refractivity contribution < 1.29 is 4.52 Å². The molecule has 5 nitrogen and oxygen atoms in total. The summed E-state index contributed by atoms with van der Waals surface area (Å²) in [4.78, 5) is 6.74. The SMILES string of the molecule is C1CNC[C@@H](c2nc(N3CCCC3)no2)C1. The number of anilines is 1. The molecule has 0 aliphatic carbocycles. The monoisotopic (exact) mass is 222 g/mol. The van der Waals surface area contributed by atoms with E-state index in [1.807, 2.05) is 0 Å². The molecule has 0 bridgehead atoms. The molecule has 0 saturated carbocycles. The molecule has 2 aliphatic heterocycles. The molecule has 2 aliphatic rings. The summed E-state index contributed by atoms with van der Waals surface area (Å²) in [7, 11) is 0. The van der Waals surface area contributed by atoms with Crippen LogP contribution >= 0.6 is 0 Å². The maximum Gasteiger partial charge on any atom is 0.266 e. The summed E-state index contributed by atoms with van der Waals surface area (Å²) >= 11 is 0. The summed E-state index contributed by atoms with van der Waals surface area (Å²) in [6.07, 6.45) is 4.85. The first-order chi connectivity index (χ1) is 7.93. The number of hydrogen-bond donors (Lipinski definition) is 1. The minimum Gasteiger partial charge on any atom is -0.338 e. The first-order valence-corrected chi connectivity index (χ1v) is 6.23. The van der Waals surface area contributed by atoms with Crippen LogP contribution < -0.4 is 10.2 Å². The Balaban J connectivity index is 1.71. The number of aromatic nitrogens is 2. The Kier molecular flexibility index (Phi) is 2.78. The molecular weight excluding hydrogens is 204 g/mol. The van der Waals surface area contributed by atoms with Crippen molar-refractivity contribution in [2.45, 2.75) is 31.6 Å². The van der Waals surface area contributed by atoms with Crippen LogP contribution in [0.4, 0.5) is 5.95 Å². The predicted octanol–water partition coefficient (Wildman–Crippen LogP) is 1.14. The van der Waals surface area contributed by atoms with Gasteiger partial charge in [-0.3, -0.25) is 0 Å². The van der Waals surface area contributed by atoms with E-state index in [-0.39, 0.29) is 0 Å². The number of rotatable bonds is 2. The number of nitrogens with one attached hydrogen (secondary N) is 1. The highest BCUT2D eigenvalue weighted by molar-refractivity contribution is 5.29. The van der Waals surface area contributed by atoms with Crippen LogP contribution in [0.5, 0.6) is 0 Å². The maximum atomic E-state index is 5.37. The second-order valence-electron chi connectivity index (χ2n) is 4.67. The van der Waals surface area contributed by atoms with Crippen LogP contribution in [-0.2, 0) is 0 Å². The van der Waals surface area contributed by atoms with Crippen LogP contribution in [0, 0.1) is 0 Å². The summed E-state index contributed by atoms with van der Waals surface area (Å²) in [6, 6.07) is 0. The highest BCUT2D eigenvalue weighted by Gasteiger charge is 2.24. The Bertz CT molecular complexity index is 340. The van der Waals surface area contributed by atoms with E-state index in [1.54, 1.807) is 0 Å². The molecule has 1 aromatic heterocycles. The maximum absolute atomic E-state index is 5.37. The Morgan fingerprint density at radius 2 is 2.12 bits per heavy atom.